The van der Waals surface area contributed by atoms with E-state index in [0.717, 1.165) is 17.0 Å². The molecule has 0 saturated carbocycles. The number of amides is 2. The Bertz CT molecular complexity index is 1210. The van der Waals surface area contributed by atoms with Gasteiger partial charge in [-0.25, -0.2) is 4.98 Å². The largest absolute Gasteiger partial charge is 0.458 e. The Morgan fingerprint density at radius 3 is 2.48 bits per heavy atom. The third kappa shape index (κ3) is 4.56. The molecule has 0 aliphatic carbocycles. The van der Waals surface area contributed by atoms with E-state index < -0.39 is 29.5 Å². The van der Waals surface area contributed by atoms with Crippen molar-refractivity contribution < 1.29 is 31.5 Å². The van der Waals surface area contributed by atoms with Gasteiger partial charge in [-0.3, -0.25) is 14.7 Å². The number of benzene rings is 1. The molecule has 0 spiro atoms. The Hall–Kier alpha value is -3.77. The molecule has 4 N–H and O–H groups in total. The van der Waals surface area contributed by atoms with Crippen LogP contribution >= 0.6 is 0 Å². The van der Waals surface area contributed by atoms with Crippen LogP contribution in [0.1, 0.15) is 23.6 Å². The van der Waals surface area contributed by atoms with Gasteiger partial charge in [-0.15, -0.1) is 0 Å². The number of nitrogens with zero attached hydrogens (tertiary/aromatic N) is 3. The van der Waals surface area contributed by atoms with Gasteiger partial charge in [-0.05, 0) is 31.0 Å². The second kappa shape index (κ2) is 8.64. The molecule has 3 aromatic rings. The summed E-state index contributed by atoms with van der Waals surface area (Å²) in [4.78, 5) is 30.2. The molecule has 2 amide bonds. The molecule has 13 heteroatoms. The van der Waals surface area contributed by atoms with Crippen LogP contribution in [0.25, 0.3) is 10.9 Å². The van der Waals surface area contributed by atoms with Gasteiger partial charge >= 0.3 is 23.9 Å². The molecule has 0 saturated heterocycles. The number of aryl methyl sites for hydroxylation is 1. The predicted molar refractivity (Wildman–Crippen MR) is 109 cm³/mol. The zero-order valence-corrected chi connectivity index (χ0v) is 17.4. The first-order valence-electron chi connectivity index (χ1n) is 9.59. The summed E-state index contributed by atoms with van der Waals surface area (Å²) in [5.41, 5.74) is 5.48. The van der Waals surface area contributed by atoms with Gasteiger partial charge < -0.3 is 16.0 Å². The summed E-state index contributed by atoms with van der Waals surface area (Å²) in [6, 6.07) is 2.45. The van der Waals surface area contributed by atoms with Crippen LogP contribution in [0.2, 0.25) is 0 Å². The molecule has 0 fully saturated rings. The number of hydrogen-bond acceptors (Lipinski definition) is 5. The minimum atomic E-state index is -5.73. The SMILES string of the molecule is CCN(Cc1ccc(C(F)(F)C(F)(F)F)cc1C)C(=O)C(=O)Nc1cnc(N)c2cn[nH]c12. The number of anilines is 2. The maximum absolute atomic E-state index is 13.6. The average molecular weight is 470 g/mol. The zero-order valence-electron chi connectivity index (χ0n) is 17.4. The molecule has 1 aromatic carbocycles. The minimum Gasteiger partial charge on any atom is -0.383 e. The number of likely N-dealkylation sites (N-methyl/N-ethyl adjacent to an activating group) is 1. The van der Waals surface area contributed by atoms with Gasteiger partial charge in [0.05, 0.1) is 29.0 Å². The van der Waals surface area contributed by atoms with Crippen LogP contribution in [0.5, 0.6) is 0 Å². The van der Waals surface area contributed by atoms with E-state index in [9.17, 15) is 31.5 Å². The van der Waals surface area contributed by atoms with Crippen molar-refractivity contribution in [1.29, 1.82) is 0 Å². The molecular weight excluding hydrogens is 451 g/mol. The predicted octanol–water partition coefficient (Wildman–Crippen LogP) is 3.49. The van der Waals surface area contributed by atoms with Crippen LogP contribution in [-0.2, 0) is 22.1 Å². The molecule has 0 aliphatic rings. The lowest BCUT2D eigenvalue weighted by molar-refractivity contribution is -0.289. The van der Waals surface area contributed by atoms with Crippen molar-refractivity contribution in [2.45, 2.75) is 32.5 Å². The van der Waals surface area contributed by atoms with Crippen LogP contribution in [-0.4, -0.2) is 44.6 Å². The van der Waals surface area contributed by atoms with Gasteiger partial charge in [0.15, 0.2) is 0 Å². The van der Waals surface area contributed by atoms with Crippen molar-refractivity contribution in [3.63, 3.8) is 0 Å². The van der Waals surface area contributed by atoms with Gasteiger partial charge in [-0.2, -0.15) is 27.1 Å². The fourth-order valence-corrected chi connectivity index (χ4v) is 3.13. The number of nitrogen functional groups attached to an aromatic ring is 1. The second-order valence-corrected chi connectivity index (χ2v) is 7.20. The summed E-state index contributed by atoms with van der Waals surface area (Å²) in [5, 5.41) is 9.32. The normalized spacial score (nSPS) is 12.1. The highest BCUT2D eigenvalue weighted by Gasteiger charge is 2.58. The Labute approximate surface area is 184 Å². The Kier molecular flexibility index (Phi) is 6.25. The first-order chi connectivity index (χ1) is 15.4. The van der Waals surface area contributed by atoms with Gasteiger partial charge in [-0.1, -0.05) is 12.1 Å². The van der Waals surface area contributed by atoms with E-state index in [1.165, 1.54) is 19.3 Å². The van der Waals surface area contributed by atoms with Crippen LogP contribution in [0.4, 0.5) is 33.5 Å². The molecule has 2 aromatic heterocycles. The fraction of sp³-hybridized carbons (Fsp3) is 0.300. The zero-order chi connectivity index (χ0) is 24.6. The van der Waals surface area contributed by atoms with Crippen LogP contribution in [0, 0.1) is 6.92 Å². The van der Waals surface area contributed by atoms with Gasteiger partial charge in [0.25, 0.3) is 0 Å². The Balaban J connectivity index is 1.77. The van der Waals surface area contributed by atoms with Gasteiger partial charge in [0.1, 0.15) is 5.82 Å². The van der Waals surface area contributed by atoms with Crippen LogP contribution in [0.3, 0.4) is 0 Å². The lowest BCUT2D eigenvalue weighted by atomic mass is 10.0. The number of carbonyl (C=O) groups is 2. The van der Waals surface area contributed by atoms with E-state index >= 15 is 0 Å². The molecule has 0 unspecified atom stereocenters. The van der Waals surface area contributed by atoms with E-state index in [0.29, 0.717) is 22.5 Å². The minimum absolute atomic E-state index is 0.0750. The quantitative estimate of drug-likeness (QED) is 0.390. The first-order valence-corrected chi connectivity index (χ1v) is 9.59. The summed E-state index contributed by atoms with van der Waals surface area (Å²) in [6.45, 7) is 2.83. The summed E-state index contributed by atoms with van der Waals surface area (Å²) in [7, 11) is 0. The number of H-pyrrole nitrogens is 1. The summed E-state index contributed by atoms with van der Waals surface area (Å²) in [6.07, 6.45) is -3.08. The third-order valence-corrected chi connectivity index (χ3v) is 5.05. The number of nitrogens with one attached hydrogen (secondary N) is 2. The topological polar surface area (TPSA) is 117 Å². The number of alkyl halides is 5. The number of aromatic amines is 1. The van der Waals surface area contributed by atoms with Crippen molar-refractivity contribution in [1.82, 2.24) is 20.1 Å². The molecule has 176 valence electrons. The number of carbonyl (C=O) groups excluding carboxylic acids is 2. The lowest BCUT2D eigenvalue weighted by Crippen LogP contribution is -2.39. The molecule has 0 atom stereocenters. The maximum Gasteiger partial charge on any atom is 0.458 e. The standard InChI is InChI=1S/C20H19F5N6O2/c1-3-31(9-11-4-5-12(6-10(11)2)19(21,22)20(23,24)25)18(33)17(32)29-14-8-27-16(26)13-7-28-30-15(13)14/h4-8H,3,9H2,1-2H3,(H2,26,27)(H,28,30)(H,29,32). The highest BCUT2D eigenvalue weighted by atomic mass is 19.4. The van der Waals surface area contributed by atoms with E-state index in [-0.39, 0.29) is 30.2 Å². The van der Waals surface area contributed by atoms with Crippen molar-refractivity contribution >= 4 is 34.2 Å². The van der Waals surface area contributed by atoms with E-state index in [2.05, 4.69) is 20.5 Å². The smallest absolute Gasteiger partial charge is 0.383 e. The van der Waals surface area contributed by atoms with Gasteiger partial charge in [0, 0.05) is 18.7 Å². The summed E-state index contributed by atoms with van der Waals surface area (Å²) >= 11 is 0. The molecule has 0 bridgehead atoms. The number of fused-ring (bicyclic) bond motifs is 1. The molecular formula is C20H19F5N6O2. The molecule has 8 nitrogen and oxygen atoms in total. The van der Waals surface area contributed by atoms with Crippen molar-refractivity contribution in [3.8, 4) is 0 Å². The van der Waals surface area contributed by atoms with Crippen LogP contribution < -0.4 is 11.1 Å². The molecule has 0 aliphatic heterocycles. The van der Waals surface area contributed by atoms with Gasteiger partial charge in [0.2, 0.25) is 0 Å². The number of rotatable bonds is 5. The molecule has 3 rings (SSSR count). The van der Waals surface area contributed by atoms with Crippen LogP contribution in [0.15, 0.2) is 30.6 Å². The van der Waals surface area contributed by atoms with E-state index in [4.69, 9.17) is 5.73 Å². The maximum atomic E-state index is 13.6. The number of nitrogens with two attached hydrogens (primary N) is 1. The molecule has 33 heavy (non-hydrogen) atoms. The molecule has 2 heterocycles. The highest BCUT2D eigenvalue weighted by molar-refractivity contribution is 6.40. The monoisotopic (exact) mass is 470 g/mol. The Morgan fingerprint density at radius 1 is 1.18 bits per heavy atom. The van der Waals surface area contributed by atoms with Crippen molar-refractivity contribution in [2.75, 3.05) is 17.6 Å². The number of hydrogen-bond donors (Lipinski definition) is 3. The number of pyridine rings is 1. The van der Waals surface area contributed by atoms with E-state index in [1.54, 1.807) is 6.92 Å². The molecule has 0 radical (unpaired) electrons. The van der Waals surface area contributed by atoms with Crippen molar-refractivity contribution in [3.05, 3.63) is 47.3 Å². The Morgan fingerprint density at radius 2 is 1.88 bits per heavy atom. The summed E-state index contributed by atoms with van der Waals surface area (Å²) < 4.78 is 65.1. The first kappa shape index (κ1) is 23.9. The number of aromatic nitrogens is 3. The van der Waals surface area contributed by atoms with E-state index in [1.807, 2.05) is 0 Å². The average Bonchev–Trinajstić information content (AvgIpc) is 3.24. The lowest BCUT2D eigenvalue weighted by Gasteiger charge is -2.23. The third-order valence-electron chi connectivity index (χ3n) is 5.05. The summed E-state index contributed by atoms with van der Waals surface area (Å²) in [5.74, 6) is -6.78. The highest BCUT2D eigenvalue weighted by Crippen LogP contribution is 2.44. The second-order valence-electron chi connectivity index (χ2n) is 7.20. The van der Waals surface area contributed by atoms with Crippen molar-refractivity contribution in [2.24, 2.45) is 0 Å². The number of halogens is 5. The fourth-order valence-electron chi connectivity index (χ4n) is 3.13.